The van der Waals surface area contributed by atoms with Crippen LogP contribution < -0.4 is 10.6 Å². The molecule has 0 heterocycles. The summed E-state index contributed by atoms with van der Waals surface area (Å²) in [6, 6.07) is 13.1. The van der Waals surface area contributed by atoms with E-state index in [-0.39, 0.29) is 17.6 Å². The molecule has 0 aliphatic heterocycles. The quantitative estimate of drug-likeness (QED) is 0.584. The summed E-state index contributed by atoms with van der Waals surface area (Å²) in [7, 11) is 0. The maximum Gasteiger partial charge on any atom is 0.251 e. The lowest BCUT2D eigenvalue weighted by molar-refractivity contribution is -0.113. The van der Waals surface area contributed by atoms with E-state index in [0.29, 0.717) is 29.3 Å². The fourth-order valence-corrected chi connectivity index (χ4v) is 3.50. The van der Waals surface area contributed by atoms with Crippen molar-refractivity contribution in [2.45, 2.75) is 19.6 Å². The first-order valence-electron chi connectivity index (χ1n) is 9.74. The monoisotopic (exact) mass is 417 g/mol. The molecule has 2 amide bonds. The molecule has 5 nitrogen and oxygen atoms in total. The predicted octanol–water partition coefficient (Wildman–Crippen LogP) is 3.77. The Morgan fingerprint density at radius 1 is 1.00 bits per heavy atom. The number of anilines is 1. The van der Waals surface area contributed by atoms with Gasteiger partial charge >= 0.3 is 0 Å². The Bertz CT molecular complexity index is 778. The summed E-state index contributed by atoms with van der Waals surface area (Å²) in [4.78, 5) is 26.4. The zero-order valence-corrected chi connectivity index (χ0v) is 17.7. The molecule has 29 heavy (non-hydrogen) atoms. The van der Waals surface area contributed by atoms with E-state index in [0.717, 1.165) is 25.2 Å². The molecule has 0 aliphatic rings. The summed E-state index contributed by atoms with van der Waals surface area (Å²) < 4.78 is 12.9. The number of carbonyl (C=O) groups excluding carboxylic acids is 2. The molecule has 0 radical (unpaired) electrons. The second-order valence-corrected chi connectivity index (χ2v) is 7.51. The van der Waals surface area contributed by atoms with Gasteiger partial charge in [-0.2, -0.15) is 0 Å². The highest BCUT2D eigenvalue weighted by molar-refractivity contribution is 7.99. The van der Waals surface area contributed by atoms with Crippen LogP contribution in [0.4, 0.5) is 10.1 Å². The lowest BCUT2D eigenvalue weighted by Crippen LogP contribution is -2.34. The maximum atomic E-state index is 12.9. The minimum absolute atomic E-state index is 0.0740. The zero-order chi connectivity index (χ0) is 21.1. The van der Waals surface area contributed by atoms with Crippen LogP contribution in [0.5, 0.6) is 0 Å². The Morgan fingerprint density at radius 2 is 1.66 bits per heavy atom. The topological polar surface area (TPSA) is 61.4 Å². The molecule has 7 heteroatoms. The molecule has 156 valence electrons. The SMILES string of the molecule is CCN(CC)CCNC(=O)c1ccc(CSCC(=O)Nc2ccc(F)cc2)cc1. The first kappa shape index (κ1) is 22.9. The van der Waals surface area contributed by atoms with Gasteiger partial charge in [0, 0.05) is 30.1 Å². The minimum Gasteiger partial charge on any atom is -0.351 e. The summed E-state index contributed by atoms with van der Waals surface area (Å²) in [5.41, 5.74) is 2.25. The van der Waals surface area contributed by atoms with Crippen LogP contribution in [0, 0.1) is 5.82 Å². The van der Waals surface area contributed by atoms with Crippen molar-refractivity contribution in [2.24, 2.45) is 0 Å². The van der Waals surface area contributed by atoms with Gasteiger partial charge in [-0.3, -0.25) is 9.59 Å². The first-order chi connectivity index (χ1) is 14.0. The fourth-order valence-electron chi connectivity index (χ4n) is 2.71. The Hall–Kier alpha value is -2.38. The molecule has 0 unspecified atom stereocenters. The maximum absolute atomic E-state index is 12.9. The van der Waals surface area contributed by atoms with Crippen molar-refractivity contribution in [3.8, 4) is 0 Å². The Morgan fingerprint density at radius 3 is 2.28 bits per heavy atom. The molecule has 0 aromatic heterocycles. The second-order valence-electron chi connectivity index (χ2n) is 6.53. The van der Waals surface area contributed by atoms with Crippen LogP contribution in [-0.2, 0) is 10.5 Å². The molecule has 2 aromatic carbocycles. The van der Waals surface area contributed by atoms with Gasteiger partial charge in [-0.25, -0.2) is 4.39 Å². The number of likely N-dealkylation sites (N-methyl/N-ethyl adjacent to an activating group) is 1. The van der Waals surface area contributed by atoms with Crippen molar-refractivity contribution in [1.29, 1.82) is 0 Å². The van der Waals surface area contributed by atoms with Crippen LogP contribution >= 0.6 is 11.8 Å². The van der Waals surface area contributed by atoms with Gasteiger partial charge in [0.1, 0.15) is 5.82 Å². The molecule has 2 N–H and O–H groups in total. The van der Waals surface area contributed by atoms with Gasteiger partial charge < -0.3 is 15.5 Å². The molecule has 2 aromatic rings. The van der Waals surface area contributed by atoms with Crippen molar-refractivity contribution in [3.63, 3.8) is 0 Å². The highest BCUT2D eigenvalue weighted by Crippen LogP contribution is 2.14. The minimum atomic E-state index is -0.335. The normalized spacial score (nSPS) is 10.8. The van der Waals surface area contributed by atoms with Crippen LogP contribution in [0.25, 0.3) is 0 Å². The third kappa shape index (κ3) is 8.25. The van der Waals surface area contributed by atoms with Crippen molar-refractivity contribution in [3.05, 3.63) is 65.5 Å². The molecule has 0 saturated heterocycles. The number of nitrogens with zero attached hydrogens (tertiary/aromatic N) is 1. The lowest BCUT2D eigenvalue weighted by atomic mass is 10.1. The van der Waals surface area contributed by atoms with Gasteiger partial charge in [-0.15, -0.1) is 11.8 Å². The standard InChI is InChI=1S/C22H28FN3O2S/c1-3-26(4-2)14-13-24-22(28)18-7-5-17(6-8-18)15-29-16-21(27)25-20-11-9-19(23)10-12-20/h5-12H,3-4,13-16H2,1-2H3,(H,24,28)(H,25,27). The van der Waals surface area contributed by atoms with Crippen LogP contribution in [0.1, 0.15) is 29.8 Å². The van der Waals surface area contributed by atoms with Gasteiger partial charge in [0.2, 0.25) is 5.91 Å². The number of hydrogen-bond acceptors (Lipinski definition) is 4. The molecule has 0 spiro atoms. The first-order valence-corrected chi connectivity index (χ1v) is 10.9. The summed E-state index contributed by atoms with van der Waals surface area (Å²) in [5, 5.41) is 5.67. The van der Waals surface area contributed by atoms with E-state index in [4.69, 9.17) is 0 Å². The second kappa shape index (κ2) is 12.2. The summed E-state index contributed by atoms with van der Waals surface area (Å²) in [5.74, 6) is 0.422. The van der Waals surface area contributed by atoms with E-state index in [1.807, 2.05) is 12.1 Å². The smallest absolute Gasteiger partial charge is 0.251 e. The van der Waals surface area contributed by atoms with Gasteiger partial charge in [0.15, 0.2) is 0 Å². The Balaban J connectivity index is 1.70. The lowest BCUT2D eigenvalue weighted by Gasteiger charge is -2.17. The summed E-state index contributed by atoms with van der Waals surface area (Å²) >= 11 is 1.48. The number of carbonyl (C=O) groups is 2. The molecule has 0 bridgehead atoms. The van der Waals surface area contributed by atoms with Crippen molar-refractivity contribution in [1.82, 2.24) is 10.2 Å². The third-order valence-electron chi connectivity index (χ3n) is 4.45. The highest BCUT2D eigenvalue weighted by Gasteiger charge is 2.07. The number of benzene rings is 2. The van der Waals surface area contributed by atoms with Crippen LogP contribution in [-0.4, -0.2) is 48.6 Å². The van der Waals surface area contributed by atoms with Crippen LogP contribution in [0.15, 0.2) is 48.5 Å². The predicted molar refractivity (Wildman–Crippen MR) is 118 cm³/mol. The van der Waals surface area contributed by atoms with Crippen LogP contribution in [0.2, 0.25) is 0 Å². The number of nitrogens with one attached hydrogen (secondary N) is 2. The summed E-state index contributed by atoms with van der Waals surface area (Å²) in [6.45, 7) is 7.62. The van der Waals surface area contributed by atoms with Gasteiger partial charge in [-0.05, 0) is 55.1 Å². The Labute approximate surface area is 176 Å². The molecule has 0 aliphatic carbocycles. The van der Waals surface area contributed by atoms with Gasteiger partial charge in [0.05, 0.1) is 5.75 Å². The van der Waals surface area contributed by atoms with E-state index in [1.165, 1.54) is 36.0 Å². The van der Waals surface area contributed by atoms with E-state index in [1.54, 1.807) is 12.1 Å². The number of thioether (sulfide) groups is 1. The third-order valence-corrected chi connectivity index (χ3v) is 5.46. The molecule has 0 saturated carbocycles. The van der Waals surface area contributed by atoms with E-state index in [9.17, 15) is 14.0 Å². The van der Waals surface area contributed by atoms with E-state index >= 15 is 0 Å². The van der Waals surface area contributed by atoms with Crippen LogP contribution in [0.3, 0.4) is 0 Å². The Kier molecular flexibility index (Phi) is 9.67. The van der Waals surface area contributed by atoms with Gasteiger partial charge in [0.25, 0.3) is 5.91 Å². The van der Waals surface area contributed by atoms with E-state index < -0.39 is 0 Å². The number of hydrogen-bond donors (Lipinski definition) is 2. The molecule has 0 atom stereocenters. The highest BCUT2D eigenvalue weighted by atomic mass is 32.2. The van der Waals surface area contributed by atoms with Crippen molar-refractivity contribution in [2.75, 3.05) is 37.2 Å². The average molecular weight is 418 g/mol. The molecule has 2 rings (SSSR count). The molecule has 0 fully saturated rings. The zero-order valence-electron chi connectivity index (χ0n) is 16.9. The molecular weight excluding hydrogens is 389 g/mol. The summed E-state index contributed by atoms with van der Waals surface area (Å²) in [6.07, 6.45) is 0. The molecular formula is C22H28FN3O2S. The van der Waals surface area contributed by atoms with Crippen molar-refractivity contribution < 1.29 is 14.0 Å². The fraction of sp³-hybridized carbons (Fsp3) is 0.364. The number of halogens is 1. The number of amides is 2. The number of rotatable bonds is 11. The van der Waals surface area contributed by atoms with Crippen molar-refractivity contribution >= 4 is 29.3 Å². The van der Waals surface area contributed by atoms with E-state index in [2.05, 4.69) is 29.4 Å². The largest absolute Gasteiger partial charge is 0.351 e. The van der Waals surface area contributed by atoms with Gasteiger partial charge in [-0.1, -0.05) is 26.0 Å². The average Bonchev–Trinajstić information content (AvgIpc) is 2.73.